The molecule has 2 aliphatic rings. The van der Waals surface area contributed by atoms with Crippen LogP contribution in [0.5, 0.6) is 0 Å². The Balaban J connectivity index is 1.73. The summed E-state index contributed by atoms with van der Waals surface area (Å²) in [5, 5.41) is 0. The van der Waals surface area contributed by atoms with Gasteiger partial charge in [0, 0.05) is 44.7 Å². The second kappa shape index (κ2) is 3.69. The van der Waals surface area contributed by atoms with Crippen molar-refractivity contribution >= 4 is 0 Å². The van der Waals surface area contributed by atoms with Crippen LogP contribution in [-0.4, -0.2) is 37.7 Å². The Labute approximate surface area is 80.2 Å². The van der Waals surface area contributed by atoms with Gasteiger partial charge in [-0.3, -0.25) is 0 Å². The van der Waals surface area contributed by atoms with Gasteiger partial charge in [-0.2, -0.15) is 0 Å². The van der Waals surface area contributed by atoms with Crippen molar-refractivity contribution in [1.82, 2.24) is 4.90 Å². The molecule has 0 atom stereocenters. The summed E-state index contributed by atoms with van der Waals surface area (Å²) in [4.78, 5) is 2.46. The average Bonchev–Trinajstić information content (AvgIpc) is 2.13. The van der Waals surface area contributed by atoms with E-state index in [1.165, 1.54) is 25.9 Å². The summed E-state index contributed by atoms with van der Waals surface area (Å²) < 4.78 is 5.37. The van der Waals surface area contributed by atoms with Crippen LogP contribution in [0.3, 0.4) is 0 Å². The Morgan fingerprint density at radius 2 is 2.00 bits per heavy atom. The fourth-order valence-corrected chi connectivity index (χ4v) is 2.40. The monoisotopic (exact) mass is 179 g/mol. The largest absolute Gasteiger partial charge is 0.381 e. The third kappa shape index (κ3) is 1.87. The summed E-state index contributed by atoms with van der Waals surface area (Å²) in [6.45, 7) is 5.50. The standard InChI is InChI=1S/C11H17NO/c1-2-3-6-12-9-11(10-12)4-7-13-8-5-11/h1H,3-10H2. The van der Waals surface area contributed by atoms with E-state index in [4.69, 9.17) is 11.2 Å². The number of ether oxygens (including phenoxy) is 1. The molecular weight excluding hydrogens is 162 g/mol. The van der Waals surface area contributed by atoms with Gasteiger partial charge in [-0.05, 0) is 12.8 Å². The second-order valence-electron chi connectivity index (χ2n) is 4.28. The topological polar surface area (TPSA) is 12.5 Å². The number of likely N-dealkylation sites (tertiary alicyclic amines) is 1. The van der Waals surface area contributed by atoms with E-state index in [-0.39, 0.29) is 0 Å². The number of hydrogen-bond acceptors (Lipinski definition) is 2. The summed E-state index contributed by atoms with van der Waals surface area (Å²) in [5.41, 5.74) is 0.604. The number of nitrogens with zero attached hydrogens (tertiary/aromatic N) is 1. The average molecular weight is 179 g/mol. The highest BCUT2D eigenvalue weighted by atomic mass is 16.5. The predicted molar refractivity (Wildman–Crippen MR) is 52.4 cm³/mol. The van der Waals surface area contributed by atoms with Crippen LogP contribution in [0, 0.1) is 17.8 Å². The SMILES string of the molecule is C#CCCN1CC2(CCOCC2)C1. The summed E-state index contributed by atoms with van der Waals surface area (Å²) in [5.74, 6) is 2.69. The molecule has 0 aromatic carbocycles. The van der Waals surface area contributed by atoms with Gasteiger partial charge < -0.3 is 9.64 Å². The van der Waals surface area contributed by atoms with Crippen molar-refractivity contribution in [3.63, 3.8) is 0 Å². The van der Waals surface area contributed by atoms with E-state index >= 15 is 0 Å². The fraction of sp³-hybridized carbons (Fsp3) is 0.818. The minimum atomic E-state index is 0.604. The van der Waals surface area contributed by atoms with Crippen LogP contribution >= 0.6 is 0 Å². The minimum Gasteiger partial charge on any atom is -0.381 e. The quantitative estimate of drug-likeness (QED) is 0.589. The highest BCUT2D eigenvalue weighted by Crippen LogP contribution is 2.39. The van der Waals surface area contributed by atoms with Crippen molar-refractivity contribution in [2.45, 2.75) is 19.3 Å². The van der Waals surface area contributed by atoms with Gasteiger partial charge in [-0.1, -0.05) is 0 Å². The summed E-state index contributed by atoms with van der Waals surface area (Å²) in [7, 11) is 0. The van der Waals surface area contributed by atoms with Crippen LogP contribution in [0.4, 0.5) is 0 Å². The van der Waals surface area contributed by atoms with Crippen molar-refractivity contribution in [3.8, 4) is 12.3 Å². The lowest BCUT2D eigenvalue weighted by Gasteiger charge is -2.52. The Bertz CT molecular complexity index is 205. The van der Waals surface area contributed by atoms with Gasteiger partial charge in [0.15, 0.2) is 0 Å². The zero-order valence-electron chi connectivity index (χ0n) is 8.09. The highest BCUT2D eigenvalue weighted by Gasteiger charge is 2.43. The van der Waals surface area contributed by atoms with E-state index in [1.54, 1.807) is 0 Å². The molecule has 0 N–H and O–H groups in total. The Morgan fingerprint density at radius 1 is 1.31 bits per heavy atom. The molecule has 2 fully saturated rings. The van der Waals surface area contributed by atoms with Crippen molar-refractivity contribution < 1.29 is 4.74 Å². The number of hydrogen-bond donors (Lipinski definition) is 0. The molecule has 0 saturated carbocycles. The van der Waals surface area contributed by atoms with Crippen LogP contribution < -0.4 is 0 Å². The van der Waals surface area contributed by atoms with Gasteiger partial charge in [0.05, 0.1) is 0 Å². The molecule has 2 rings (SSSR count). The summed E-state index contributed by atoms with van der Waals surface area (Å²) in [6.07, 6.45) is 8.62. The maximum atomic E-state index is 5.37. The molecule has 0 aromatic rings. The lowest BCUT2D eigenvalue weighted by molar-refractivity contribution is -0.0794. The third-order valence-electron chi connectivity index (χ3n) is 3.24. The normalized spacial score (nSPS) is 26.7. The first-order valence-corrected chi connectivity index (χ1v) is 5.08. The van der Waals surface area contributed by atoms with E-state index in [0.717, 1.165) is 26.2 Å². The number of terminal acetylenes is 1. The van der Waals surface area contributed by atoms with Gasteiger partial charge in [0.1, 0.15) is 0 Å². The molecule has 2 aliphatic heterocycles. The van der Waals surface area contributed by atoms with E-state index in [1.807, 2.05) is 0 Å². The zero-order chi connectivity index (χ0) is 9.15. The van der Waals surface area contributed by atoms with Crippen LogP contribution in [0.1, 0.15) is 19.3 Å². The highest BCUT2D eigenvalue weighted by molar-refractivity contribution is 4.97. The molecule has 0 amide bonds. The van der Waals surface area contributed by atoms with E-state index < -0.39 is 0 Å². The Morgan fingerprint density at radius 3 is 2.62 bits per heavy atom. The van der Waals surface area contributed by atoms with Crippen molar-refractivity contribution in [2.75, 3.05) is 32.8 Å². The molecule has 0 radical (unpaired) electrons. The zero-order valence-corrected chi connectivity index (χ0v) is 8.09. The molecule has 13 heavy (non-hydrogen) atoms. The van der Waals surface area contributed by atoms with Crippen LogP contribution in [-0.2, 0) is 4.74 Å². The van der Waals surface area contributed by atoms with Crippen molar-refractivity contribution in [2.24, 2.45) is 5.41 Å². The molecule has 2 saturated heterocycles. The van der Waals surface area contributed by atoms with Gasteiger partial charge >= 0.3 is 0 Å². The molecule has 0 aromatic heterocycles. The maximum absolute atomic E-state index is 5.37. The first-order valence-electron chi connectivity index (χ1n) is 5.08. The maximum Gasteiger partial charge on any atom is 0.0472 e. The van der Waals surface area contributed by atoms with Gasteiger partial charge in [-0.25, -0.2) is 0 Å². The molecule has 0 aliphatic carbocycles. The van der Waals surface area contributed by atoms with Crippen LogP contribution in [0.15, 0.2) is 0 Å². The molecule has 0 unspecified atom stereocenters. The predicted octanol–water partition coefficient (Wildman–Crippen LogP) is 1.12. The van der Waals surface area contributed by atoms with Gasteiger partial charge in [0.2, 0.25) is 0 Å². The Kier molecular flexibility index (Phi) is 2.57. The van der Waals surface area contributed by atoms with Crippen LogP contribution in [0.25, 0.3) is 0 Å². The molecule has 2 heteroatoms. The van der Waals surface area contributed by atoms with E-state index in [2.05, 4.69) is 10.8 Å². The van der Waals surface area contributed by atoms with Gasteiger partial charge in [-0.15, -0.1) is 12.3 Å². The number of rotatable bonds is 2. The first kappa shape index (κ1) is 9.05. The molecule has 2 nitrogen and oxygen atoms in total. The van der Waals surface area contributed by atoms with Crippen molar-refractivity contribution in [3.05, 3.63) is 0 Å². The second-order valence-corrected chi connectivity index (χ2v) is 4.28. The fourth-order valence-electron chi connectivity index (χ4n) is 2.40. The van der Waals surface area contributed by atoms with Gasteiger partial charge in [0.25, 0.3) is 0 Å². The summed E-state index contributed by atoms with van der Waals surface area (Å²) in [6, 6.07) is 0. The molecule has 0 bridgehead atoms. The smallest absolute Gasteiger partial charge is 0.0472 e. The van der Waals surface area contributed by atoms with Crippen LogP contribution in [0.2, 0.25) is 0 Å². The lowest BCUT2D eigenvalue weighted by Crippen LogP contribution is -2.58. The first-order chi connectivity index (χ1) is 6.35. The Hall–Kier alpha value is -0.520. The molecule has 1 spiro atoms. The summed E-state index contributed by atoms with van der Waals surface area (Å²) >= 11 is 0. The third-order valence-corrected chi connectivity index (χ3v) is 3.24. The molecule has 72 valence electrons. The lowest BCUT2D eigenvalue weighted by atomic mass is 9.73. The van der Waals surface area contributed by atoms with Crippen molar-refractivity contribution in [1.29, 1.82) is 0 Å². The molecule has 2 heterocycles. The van der Waals surface area contributed by atoms with E-state index in [0.29, 0.717) is 5.41 Å². The van der Waals surface area contributed by atoms with E-state index in [9.17, 15) is 0 Å². The molecular formula is C11H17NO. The minimum absolute atomic E-state index is 0.604.